The largest absolute Gasteiger partial charge is 0.297 e. The van der Waals surface area contributed by atoms with Gasteiger partial charge in [0, 0.05) is 11.1 Å². The number of anilines is 1. The van der Waals surface area contributed by atoms with E-state index in [0.717, 1.165) is 28.1 Å². The van der Waals surface area contributed by atoms with Crippen LogP contribution in [0.2, 0.25) is 0 Å². The number of aryl methyl sites for hydroxylation is 1. The molecule has 0 atom stereocenters. The van der Waals surface area contributed by atoms with E-state index in [4.69, 9.17) is 4.99 Å². The minimum Gasteiger partial charge on any atom is -0.297 e. The lowest BCUT2D eigenvalue weighted by atomic mass is 9.88. The van der Waals surface area contributed by atoms with Crippen molar-refractivity contribution in [2.45, 2.75) is 33.2 Å². The van der Waals surface area contributed by atoms with Crippen LogP contribution in [0.3, 0.4) is 0 Å². The highest BCUT2D eigenvalue weighted by molar-refractivity contribution is 6.56. The van der Waals surface area contributed by atoms with Crippen LogP contribution < -0.4 is 4.90 Å². The van der Waals surface area contributed by atoms with Crippen LogP contribution in [0.5, 0.6) is 0 Å². The van der Waals surface area contributed by atoms with Crippen LogP contribution >= 0.6 is 0 Å². The number of carbonyl (C=O) groups is 1. The Morgan fingerprint density at radius 2 is 1.71 bits per heavy atom. The third-order valence-corrected chi connectivity index (χ3v) is 4.82. The zero-order valence-electron chi connectivity index (χ0n) is 14.4. The number of allylic oxidation sites excluding steroid dienone is 1. The van der Waals surface area contributed by atoms with E-state index in [0.29, 0.717) is 5.71 Å². The molecule has 0 unspecified atom stereocenters. The lowest BCUT2D eigenvalue weighted by molar-refractivity contribution is -0.112. The molecule has 0 spiro atoms. The van der Waals surface area contributed by atoms with Crippen molar-refractivity contribution in [3.8, 4) is 0 Å². The highest BCUT2D eigenvalue weighted by atomic mass is 16.2. The molecule has 0 N–H and O–H groups in total. The minimum atomic E-state index is -0.356. The second kappa shape index (κ2) is 4.91. The molecule has 0 saturated carbocycles. The summed E-state index contributed by atoms with van der Waals surface area (Å²) in [4.78, 5) is 19.8. The van der Waals surface area contributed by atoms with Gasteiger partial charge in [-0.15, -0.1) is 0 Å². The lowest BCUT2D eigenvalue weighted by Gasteiger charge is -2.38. The summed E-state index contributed by atoms with van der Waals surface area (Å²) in [5.41, 5.74) is 6.41. The predicted molar refractivity (Wildman–Crippen MR) is 99.0 cm³/mol. The Kier molecular flexibility index (Phi) is 3.04. The molecule has 0 fully saturated rings. The highest BCUT2D eigenvalue weighted by Crippen LogP contribution is 2.46. The summed E-state index contributed by atoms with van der Waals surface area (Å²) in [6.45, 7) is 8.32. The molecule has 0 bridgehead atoms. The predicted octanol–water partition coefficient (Wildman–Crippen LogP) is 4.66. The molecule has 0 saturated heterocycles. The Hall–Kier alpha value is -2.68. The summed E-state index contributed by atoms with van der Waals surface area (Å²) < 4.78 is 0. The summed E-state index contributed by atoms with van der Waals surface area (Å²) in [7, 11) is 0. The van der Waals surface area contributed by atoms with Gasteiger partial charge in [0.25, 0.3) is 5.91 Å². The first kappa shape index (κ1) is 14.9. The van der Waals surface area contributed by atoms with Gasteiger partial charge in [0.15, 0.2) is 0 Å². The Balaban J connectivity index is 2.02. The quantitative estimate of drug-likeness (QED) is 0.753. The third kappa shape index (κ3) is 1.97. The topological polar surface area (TPSA) is 32.7 Å². The molecular weight excluding hydrogens is 296 g/mol. The van der Waals surface area contributed by atoms with Crippen LogP contribution in [0.15, 0.2) is 53.5 Å². The van der Waals surface area contributed by atoms with Crippen molar-refractivity contribution in [1.29, 1.82) is 0 Å². The van der Waals surface area contributed by atoms with Gasteiger partial charge in [-0.25, -0.2) is 4.99 Å². The van der Waals surface area contributed by atoms with Crippen LogP contribution in [0, 0.1) is 6.92 Å². The third-order valence-electron chi connectivity index (χ3n) is 4.82. The summed E-state index contributed by atoms with van der Waals surface area (Å²) >= 11 is 0. The molecule has 3 nitrogen and oxygen atoms in total. The van der Waals surface area contributed by atoms with Gasteiger partial charge in [-0.3, -0.25) is 9.69 Å². The van der Waals surface area contributed by atoms with Crippen molar-refractivity contribution in [3.63, 3.8) is 0 Å². The maximum atomic E-state index is 13.2. The summed E-state index contributed by atoms with van der Waals surface area (Å²) in [6.07, 6.45) is 2.16. The van der Waals surface area contributed by atoms with Crippen molar-refractivity contribution < 1.29 is 4.79 Å². The number of hydrogen-bond donors (Lipinski definition) is 0. The van der Waals surface area contributed by atoms with Crippen molar-refractivity contribution >= 4 is 28.6 Å². The van der Waals surface area contributed by atoms with Gasteiger partial charge < -0.3 is 0 Å². The number of para-hydroxylation sites is 1. The van der Waals surface area contributed by atoms with Crippen LogP contribution in [0.1, 0.15) is 37.5 Å². The van der Waals surface area contributed by atoms with Gasteiger partial charge in [-0.1, -0.05) is 36.4 Å². The zero-order chi connectivity index (χ0) is 17.1. The molecule has 0 aliphatic carbocycles. The normalized spacial score (nSPS) is 19.5. The molecule has 24 heavy (non-hydrogen) atoms. The second-order valence-corrected chi connectivity index (χ2v) is 7.07. The first-order chi connectivity index (χ1) is 11.4. The van der Waals surface area contributed by atoms with Gasteiger partial charge >= 0.3 is 0 Å². The molecule has 2 aromatic carbocycles. The van der Waals surface area contributed by atoms with Crippen molar-refractivity contribution in [2.24, 2.45) is 4.99 Å². The van der Waals surface area contributed by atoms with Crippen LogP contribution in [-0.4, -0.2) is 17.2 Å². The van der Waals surface area contributed by atoms with Crippen molar-refractivity contribution in [3.05, 3.63) is 65.2 Å². The number of amides is 1. The fraction of sp³-hybridized carbons (Fsp3) is 0.238. The van der Waals surface area contributed by atoms with Crippen molar-refractivity contribution in [1.82, 2.24) is 0 Å². The Bertz CT molecular complexity index is 920. The second-order valence-electron chi connectivity index (χ2n) is 7.07. The summed E-state index contributed by atoms with van der Waals surface area (Å²) in [5.74, 6) is -0.0156. The first-order valence-corrected chi connectivity index (χ1v) is 8.22. The fourth-order valence-corrected chi connectivity index (χ4v) is 3.81. The van der Waals surface area contributed by atoms with E-state index >= 15 is 0 Å². The highest BCUT2D eigenvalue weighted by Gasteiger charge is 2.45. The molecule has 4 rings (SSSR count). The van der Waals surface area contributed by atoms with E-state index in [2.05, 4.69) is 39.0 Å². The average molecular weight is 316 g/mol. The van der Waals surface area contributed by atoms with Crippen LogP contribution in [0.4, 0.5) is 11.4 Å². The van der Waals surface area contributed by atoms with E-state index in [1.54, 1.807) is 0 Å². The number of benzene rings is 2. The Morgan fingerprint density at radius 1 is 1.00 bits per heavy atom. The number of carbonyl (C=O) groups excluding carboxylic acids is 1. The molecule has 2 aromatic rings. The molecule has 2 heterocycles. The average Bonchev–Trinajstić information content (AvgIpc) is 2.82. The lowest BCUT2D eigenvalue weighted by Crippen LogP contribution is -2.47. The Morgan fingerprint density at radius 3 is 2.42 bits per heavy atom. The number of aliphatic imine (C=N–C) groups is 1. The maximum Gasteiger partial charge on any atom is 0.278 e. The number of rotatable bonds is 1. The standard InChI is InChI=1S/C21H20N2O/c1-13-10-11-16-14(2)12-21(3,4)23-19(16)17(13)18(20(23)24)22-15-8-6-5-7-9-15/h5-12H,1-4H3. The molecule has 2 aliphatic heterocycles. The molecule has 2 aliphatic rings. The van der Waals surface area contributed by atoms with Gasteiger partial charge in [-0.2, -0.15) is 0 Å². The monoisotopic (exact) mass is 316 g/mol. The molecule has 3 heteroatoms. The Labute approximate surface area is 142 Å². The van der Waals surface area contributed by atoms with E-state index in [1.807, 2.05) is 42.2 Å². The van der Waals surface area contributed by atoms with Crippen LogP contribution in [-0.2, 0) is 4.79 Å². The van der Waals surface area contributed by atoms with E-state index < -0.39 is 0 Å². The van der Waals surface area contributed by atoms with Gasteiger partial charge in [0.05, 0.1) is 16.9 Å². The zero-order valence-corrected chi connectivity index (χ0v) is 14.4. The van der Waals surface area contributed by atoms with Gasteiger partial charge in [0.1, 0.15) is 5.71 Å². The number of hydrogen-bond acceptors (Lipinski definition) is 2. The molecule has 0 aromatic heterocycles. The van der Waals surface area contributed by atoms with E-state index in [-0.39, 0.29) is 11.4 Å². The van der Waals surface area contributed by atoms with Gasteiger partial charge in [-0.05, 0) is 51.0 Å². The summed E-state index contributed by atoms with van der Waals surface area (Å²) in [6, 6.07) is 13.9. The van der Waals surface area contributed by atoms with Gasteiger partial charge in [0.2, 0.25) is 0 Å². The minimum absolute atomic E-state index is 0.0156. The van der Waals surface area contributed by atoms with Crippen molar-refractivity contribution in [2.75, 3.05) is 4.90 Å². The fourth-order valence-electron chi connectivity index (χ4n) is 3.81. The smallest absolute Gasteiger partial charge is 0.278 e. The first-order valence-electron chi connectivity index (χ1n) is 8.22. The van der Waals surface area contributed by atoms with E-state index in [1.165, 1.54) is 5.57 Å². The molecule has 1 amide bonds. The van der Waals surface area contributed by atoms with E-state index in [9.17, 15) is 4.79 Å². The summed E-state index contributed by atoms with van der Waals surface area (Å²) in [5, 5.41) is 0. The molecule has 120 valence electrons. The van der Waals surface area contributed by atoms with Crippen LogP contribution in [0.25, 0.3) is 5.57 Å². The maximum absolute atomic E-state index is 13.2. The molecular formula is C21H20N2O. The molecule has 0 radical (unpaired) electrons. The number of nitrogens with zero attached hydrogens (tertiary/aromatic N) is 2. The SMILES string of the molecule is CC1=CC(C)(C)N2C(=O)C(=Nc3ccccc3)c3c(C)ccc1c32.